The molecule has 0 atom stereocenters. The second-order valence-corrected chi connectivity index (χ2v) is 9.36. The van der Waals surface area contributed by atoms with Crippen LogP contribution in [0.15, 0.2) is 63.3 Å². The fourth-order valence-electron chi connectivity index (χ4n) is 4.64. The highest BCUT2D eigenvalue weighted by Gasteiger charge is 2.26. The van der Waals surface area contributed by atoms with Gasteiger partial charge in [-0.05, 0) is 61.6 Å². The predicted molar refractivity (Wildman–Crippen MR) is 134 cm³/mol. The van der Waals surface area contributed by atoms with Crippen LogP contribution in [0.4, 0.5) is 0 Å². The van der Waals surface area contributed by atoms with E-state index in [1.165, 1.54) is 17.4 Å². The molecule has 5 aromatic rings. The zero-order chi connectivity index (χ0) is 23.9. The average Bonchev–Trinajstić information content (AvgIpc) is 3.51. The fraction of sp³-hybridized carbons (Fsp3) is 0.185. The van der Waals surface area contributed by atoms with Crippen molar-refractivity contribution in [3.63, 3.8) is 0 Å². The number of hydrogen-bond donors (Lipinski definition) is 0. The Balaban J connectivity index is 1.39. The van der Waals surface area contributed by atoms with E-state index in [9.17, 15) is 9.59 Å². The number of hydrogen-bond acceptors (Lipinski definition) is 7. The second kappa shape index (κ2) is 8.63. The van der Waals surface area contributed by atoms with Crippen molar-refractivity contribution in [2.24, 2.45) is 0 Å². The number of benzene rings is 1. The van der Waals surface area contributed by atoms with Crippen molar-refractivity contribution < 1.29 is 13.9 Å². The number of aryl methyl sites for hydroxylation is 1. The molecule has 0 spiro atoms. The predicted octanol–water partition coefficient (Wildman–Crippen LogP) is 5.44. The summed E-state index contributed by atoms with van der Waals surface area (Å²) in [7, 11) is 0. The number of carbonyl (C=O) groups is 1. The molecule has 4 aromatic heterocycles. The number of rotatable bonds is 4. The lowest BCUT2D eigenvalue weighted by molar-refractivity contribution is 0.0468. The number of thiazole rings is 1. The molecule has 35 heavy (non-hydrogen) atoms. The Bertz CT molecular complexity index is 1680. The molecule has 4 heterocycles. The quantitative estimate of drug-likeness (QED) is 0.317. The molecular formula is C27H21N3O4S. The zero-order valence-corrected chi connectivity index (χ0v) is 19.8. The highest BCUT2D eigenvalue weighted by Crippen LogP contribution is 2.36. The van der Waals surface area contributed by atoms with E-state index in [1.54, 1.807) is 10.7 Å². The lowest BCUT2D eigenvalue weighted by Crippen LogP contribution is -2.18. The van der Waals surface area contributed by atoms with Gasteiger partial charge in [0.15, 0.2) is 4.96 Å². The Hall–Kier alpha value is -4.04. The Morgan fingerprint density at radius 2 is 2.09 bits per heavy atom. The van der Waals surface area contributed by atoms with Gasteiger partial charge in [-0.3, -0.25) is 9.20 Å². The van der Waals surface area contributed by atoms with E-state index in [1.807, 2.05) is 54.8 Å². The van der Waals surface area contributed by atoms with E-state index in [4.69, 9.17) is 14.1 Å². The van der Waals surface area contributed by atoms with Gasteiger partial charge >= 0.3 is 5.97 Å². The minimum Gasteiger partial charge on any atom is -0.465 e. The molecule has 0 unspecified atom stereocenters. The van der Waals surface area contributed by atoms with E-state index in [2.05, 4.69) is 4.98 Å². The molecule has 174 valence electrons. The summed E-state index contributed by atoms with van der Waals surface area (Å²) in [6, 6.07) is 12.8. The molecule has 1 aliphatic rings. The van der Waals surface area contributed by atoms with E-state index < -0.39 is 5.97 Å². The van der Waals surface area contributed by atoms with E-state index in [0.717, 1.165) is 58.5 Å². The summed E-state index contributed by atoms with van der Waals surface area (Å²) in [5.41, 5.74) is 5.07. The van der Waals surface area contributed by atoms with Gasteiger partial charge in [0.05, 0.1) is 28.7 Å². The minimum absolute atomic E-state index is 0.0813. The van der Waals surface area contributed by atoms with Crippen molar-refractivity contribution in [2.75, 3.05) is 0 Å². The third-order valence-corrected chi connectivity index (χ3v) is 7.16. The van der Waals surface area contributed by atoms with Crippen LogP contribution in [0.1, 0.15) is 51.6 Å². The van der Waals surface area contributed by atoms with Gasteiger partial charge in [0.25, 0.3) is 5.56 Å². The molecule has 0 radical (unpaired) electrons. The first-order chi connectivity index (χ1) is 17.1. The average molecular weight is 484 g/mol. The number of pyridine rings is 1. The van der Waals surface area contributed by atoms with E-state index >= 15 is 0 Å². The van der Waals surface area contributed by atoms with Gasteiger partial charge in [0, 0.05) is 22.5 Å². The van der Waals surface area contributed by atoms with Gasteiger partial charge in [-0.1, -0.05) is 18.2 Å². The number of ether oxygens (including phenoxy) is 1. The zero-order valence-electron chi connectivity index (χ0n) is 19.0. The number of para-hydroxylation sites is 1. The summed E-state index contributed by atoms with van der Waals surface area (Å²) in [5.74, 6) is 0.312. The maximum atomic E-state index is 13.5. The molecule has 0 fully saturated rings. The molecular weight excluding hydrogens is 462 g/mol. The SMILES string of the molecule is Cc1csc2nc(COC(=O)c3c4c(nc5ccccc35)/C(=C/c3ccco3)CCC4)cc(=O)n12. The normalized spacial score (nSPS) is 14.5. The lowest BCUT2D eigenvalue weighted by Gasteiger charge is -2.22. The summed E-state index contributed by atoms with van der Waals surface area (Å²) < 4.78 is 12.8. The Labute approximate surface area is 204 Å². The molecule has 1 aliphatic carbocycles. The maximum Gasteiger partial charge on any atom is 0.339 e. The summed E-state index contributed by atoms with van der Waals surface area (Å²) in [4.78, 5) is 36.0. The highest BCUT2D eigenvalue weighted by atomic mass is 32.1. The summed E-state index contributed by atoms with van der Waals surface area (Å²) in [6.45, 7) is 1.78. The fourth-order valence-corrected chi connectivity index (χ4v) is 5.53. The molecule has 7 nitrogen and oxygen atoms in total. The molecule has 0 saturated heterocycles. The number of esters is 1. The highest BCUT2D eigenvalue weighted by molar-refractivity contribution is 7.15. The Morgan fingerprint density at radius 3 is 2.94 bits per heavy atom. The van der Waals surface area contributed by atoms with Gasteiger partial charge in [-0.25, -0.2) is 14.8 Å². The smallest absolute Gasteiger partial charge is 0.339 e. The first kappa shape index (κ1) is 21.5. The van der Waals surface area contributed by atoms with E-state index in [-0.39, 0.29) is 12.2 Å². The van der Waals surface area contributed by atoms with Crippen LogP contribution in [-0.2, 0) is 17.8 Å². The standard InChI is InChI=1S/C27H21N3O4S/c1-16-15-35-27-28-18(13-23(31)30(16)27)14-34-26(32)24-20-8-2-3-10-22(20)29-25-17(6-4-9-21(24)25)12-19-7-5-11-33-19/h2-3,5,7-8,10-13,15H,4,6,9,14H2,1H3/b17-12+. The van der Waals surface area contributed by atoms with Gasteiger partial charge in [-0.2, -0.15) is 0 Å². The first-order valence-corrected chi connectivity index (χ1v) is 12.3. The monoisotopic (exact) mass is 483 g/mol. The second-order valence-electron chi connectivity index (χ2n) is 8.53. The van der Waals surface area contributed by atoms with Crippen LogP contribution in [-0.4, -0.2) is 20.3 Å². The molecule has 0 N–H and O–H groups in total. The van der Waals surface area contributed by atoms with Crippen LogP contribution in [0.3, 0.4) is 0 Å². The van der Waals surface area contributed by atoms with Gasteiger partial charge in [-0.15, -0.1) is 11.3 Å². The summed E-state index contributed by atoms with van der Waals surface area (Å²) >= 11 is 1.38. The van der Waals surface area contributed by atoms with Crippen LogP contribution in [0, 0.1) is 6.92 Å². The number of furan rings is 1. The van der Waals surface area contributed by atoms with Crippen molar-refractivity contribution in [1.29, 1.82) is 0 Å². The van der Waals surface area contributed by atoms with Crippen molar-refractivity contribution in [3.8, 4) is 0 Å². The summed E-state index contributed by atoms with van der Waals surface area (Å²) in [5, 5.41) is 2.63. The number of carbonyl (C=O) groups excluding carboxylic acids is 1. The number of aromatic nitrogens is 3. The summed E-state index contributed by atoms with van der Waals surface area (Å²) in [6.07, 6.45) is 6.10. The van der Waals surface area contributed by atoms with Gasteiger partial charge < -0.3 is 9.15 Å². The van der Waals surface area contributed by atoms with Crippen molar-refractivity contribution in [2.45, 2.75) is 32.8 Å². The maximum absolute atomic E-state index is 13.5. The van der Waals surface area contributed by atoms with Gasteiger partial charge in [0.2, 0.25) is 0 Å². The van der Waals surface area contributed by atoms with Crippen LogP contribution in [0.2, 0.25) is 0 Å². The molecule has 0 amide bonds. The third kappa shape index (κ3) is 3.85. The van der Waals surface area contributed by atoms with Crippen molar-refractivity contribution >= 4 is 44.8 Å². The van der Waals surface area contributed by atoms with Crippen LogP contribution in [0.5, 0.6) is 0 Å². The molecule has 6 rings (SSSR count). The Morgan fingerprint density at radius 1 is 1.20 bits per heavy atom. The third-order valence-electron chi connectivity index (χ3n) is 6.21. The topological polar surface area (TPSA) is 86.7 Å². The molecule has 0 aliphatic heterocycles. The van der Waals surface area contributed by atoms with Crippen LogP contribution < -0.4 is 5.56 Å². The van der Waals surface area contributed by atoms with Crippen molar-refractivity contribution in [3.05, 3.63) is 98.4 Å². The number of allylic oxidation sites excluding steroid dienone is 1. The van der Waals surface area contributed by atoms with Crippen LogP contribution >= 0.6 is 11.3 Å². The molecule has 1 aromatic carbocycles. The lowest BCUT2D eigenvalue weighted by atomic mass is 9.86. The van der Waals surface area contributed by atoms with Crippen LogP contribution in [0.25, 0.3) is 27.5 Å². The van der Waals surface area contributed by atoms with Crippen molar-refractivity contribution in [1.82, 2.24) is 14.4 Å². The Kier molecular flexibility index (Phi) is 5.30. The van der Waals surface area contributed by atoms with E-state index in [0.29, 0.717) is 16.2 Å². The first-order valence-electron chi connectivity index (χ1n) is 11.4. The number of fused-ring (bicyclic) bond motifs is 3. The number of nitrogens with zero attached hydrogens (tertiary/aromatic N) is 3. The minimum atomic E-state index is -0.441. The molecule has 0 saturated carbocycles. The van der Waals surface area contributed by atoms with Gasteiger partial charge in [0.1, 0.15) is 12.4 Å². The molecule has 8 heteroatoms. The molecule has 0 bridgehead atoms. The largest absolute Gasteiger partial charge is 0.465 e.